The van der Waals surface area contributed by atoms with E-state index in [1.807, 2.05) is 27.7 Å². The SMILES string of the molecule is Cc1ccc(C(=O)N(C)C2CN(C(=O)OC(C)(C)C)C2)c(Cl)n1. The Morgan fingerprint density at radius 1 is 1.35 bits per heavy atom. The number of aromatic nitrogens is 1. The van der Waals surface area contributed by atoms with Crippen LogP contribution in [0.15, 0.2) is 12.1 Å². The minimum Gasteiger partial charge on any atom is -0.444 e. The first-order chi connectivity index (χ1) is 10.6. The molecular weight excluding hydrogens is 318 g/mol. The summed E-state index contributed by atoms with van der Waals surface area (Å²) in [6.07, 6.45) is -0.357. The summed E-state index contributed by atoms with van der Waals surface area (Å²) in [7, 11) is 1.70. The maximum Gasteiger partial charge on any atom is 0.410 e. The molecule has 0 atom stereocenters. The van der Waals surface area contributed by atoms with E-state index in [1.165, 1.54) is 0 Å². The van der Waals surface area contributed by atoms with Crippen molar-refractivity contribution >= 4 is 23.6 Å². The Morgan fingerprint density at radius 2 is 1.96 bits per heavy atom. The van der Waals surface area contributed by atoms with E-state index in [0.717, 1.165) is 5.69 Å². The first kappa shape index (κ1) is 17.5. The number of likely N-dealkylation sites (N-methyl/N-ethyl adjacent to an activating group) is 1. The van der Waals surface area contributed by atoms with Gasteiger partial charge in [-0.2, -0.15) is 0 Å². The highest BCUT2D eigenvalue weighted by Crippen LogP contribution is 2.22. The number of halogens is 1. The van der Waals surface area contributed by atoms with Gasteiger partial charge < -0.3 is 14.5 Å². The van der Waals surface area contributed by atoms with Gasteiger partial charge in [-0.15, -0.1) is 0 Å². The Balaban J connectivity index is 1.94. The Labute approximate surface area is 141 Å². The van der Waals surface area contributed by atoms with Gasteiger partial charge in [-0.05, 0) is 39.8 Å². The molecule has 0 aromatic carbocycles. The van der Waals surface area contributed by atoms with Crippen molar-refractivity contribution in [2.45, 2.75) is 39.3 Å². The van der Waals surface area contributed by atoms with Crippen molar-refractivity contribution < 1.29 is 14.3 Å². The van der Waals surface area contributed by atoms with E-state index < -0.39 is 5.60 Å². The Hall–Kier alpha value is -1.82. The number of hydrogen-bond acceptors (Lipinski definition) is 4. The maximum absolute atomic E-state index is 12.5. The van der Waals surface area contributed by atoms with Crippen LogP contribution in [-0.2, 0) is 4.74 Å². The lowest BCUT2D eigenvalue weighted by molar-refractivity contribution is -0.00907. The van der Waals surface area contributed by atoms with Crippen LogP contribution < -0.4 is 0 Å². The number of carbonyl (C=O) groups is 2. The molecule has 0 bridgehead atoms. The molecule has 2 heterocycles. The van der Waals surface area contributed by atoms with E-state index in [0.29, 0.717) is 18.7 Å². The van der Waals surface area contributed by atoms with Gasteiger partial charge in [0, 0.05) is 25.8 Å². The van der Waals surface area contributed by atoms with Crippen LogP contribution in [0.4, 0.5) is 4.79 Å². The number of likely N-dealkylation sites (tertiary alicyclic amines) is 1. The number of carbonyl (C=O) groups excluding carboxylic acids is 2. The average Bonchev–Trinajstić information content (AvgIpc) is 2.33. The van der Waals surface area contributed by atoms with Gasteiger partial charge in [0.2, 0.25) is 0 Å². The van der Waals surface area contributed by atoms with Crippen LogP contribution in [0.5, 0.6) is 0 Å². The molecule has 0 N–H and O–H groups in total. The van der Waals surface area contributed by atoms with Crippen molar-refractivity contribution in [3.63, 3.8) is 0 Å². The van der Waals surface area contributed by atoms with E-state index >= 15 is 0 Å². The molecule has 1 aromatic heterocycles. The van der Waals surface area contributed by atoms with Crippen LogP contribution in [0, 0.1) is 6.92 Å². The lowest BCUT2D eigenvalue weighted by atomic mass is 10.1. The quantitative estimate of drug-likeness (QED) is 0.777. The Morgan fingerprint density at radius 3 is 2.48 bits per heavy atom. The molecule has 0 saturated carbocycles. The standard InChI is InChI=1S/C16H22ClN3O3/c1-10-6-7-12(13(17)18-10)14(21)19(5)11-8-20(9-11)15(22)23-16(2,3)4/h6-7,11H,8-9H2,1-5H3. The third-order valence-corrected chi connectivity index (χ3v) is 3.89. The monoisotopic (exact) mass is 339 g/mol. The van der Waals surface area contributed by atoms with Crippen molar-refractivity contribution in [3.05, 3.63) is 28.5 Å². The van der Waals surface area contributed by atoms with Gasteiger partial charge in [-0.3, -0.25) is 4.79 Å². The van der Waals surface area contributed by atoms with Gasteiger partial charge in [-0.25, -0.2) is 9.78 Å². The molecule has 0 aliphatic carbocycles. The molecule has 126 valence electrons. The molecule has 0 unspecified atom stereocenters. The number of nitrogens with zero attached hydrogens (tertiary/aromatic N) is 3. The number of ether oxygens (including phenoxy) is 1. The molecular formula is C16H22ClN3O3. The first-order valence-corrected chi connectivity index (χ1v) is 7.84. The minimum absolute atomic E-state index is 0.0487. The Bertz CT molecular complexity index is 621. The fourth-order valence-electron chi connectivity index (χ4n) is 2.22. The second-order valence-corrected chi connectivity index (χ2v) is 7.10. The highest BCUT2D eigenvalue weighted by molar-refractivity contribution is 6.32. The predicted molar refractivity (Wildman–Crippen MR) is 87.7 cm³/mol. The molecule has 2 amide bonds. The highest BCUT2D eigenvalue weighted by atomic mass is 35.5. The second kappa shape index (κ2) is 6.35. The molecule has 1 aliphatic heterocycles. The number of pyridine rings is 1. The number of amides is 2. The van der Waals surface area contributed by atoms with E-state index in [1.54, 1.807) is 29.0 Å². The summed E-state index contributed by atoms with van der Waals surface area (Å²) in [5.41, 5.74) is 0.606. The third kappa shape index (κ3) is 4.13. The smallest absolute Gasteiger partial charge is 0.410 e. The molecule has 23 heavy (non-hydrogen) atoms. The summed E-state index contributed by atoms with van der Waals surface area (Å²) < 4.78 is 5.30. The highest BCUT2D eigenvalue weighted by Gasteiger charge is 2.38. The van der Waals surface area contributed by atoms with Gasteiger partial charge in [0.25, 0.3) is 5.91 Å². The fourth-order valence-corrected chi connectivity index (χ4v) is 2.49. The Kier molecular flexibility index (Phi) is 4.84. The van der Waals surface area contributed by atoms with Crippen molar-refractivity contribution in [1.82, 2.24) is 14.8 Å². The normalized spacial score (nSPS) is 15.1. The van der Waals surface area contributed by atoms with Gasteiger partial charge in [0.15, 0.2) is 0 Å². The average molecular weight is 340 g/mol. The van der Waals surface area contributed by atoms with Gasteiger partial charge in [0.1, 0.15) is 10.8 Å². The van der Waals surface area contributed by atoms with Gasteiger partial charge in [-0.1, -0.05) is 11.6 Å². The summed E-state index contributed by atoms with van der Waals surface area (Å²) >= 11 is 6.04. The van der Waals surface area contributed by atoms with E-state index in [4.69, 9.17) is 16.3 Å². The topological polar surface area (TPSA) is 62.7 Å². The number of aryl methyl sites for hydroxylation is 1. The summed E-state index contributed by atoms with van der Waals surface area (Å²) in [6, 6.07) is 3.38. The van der Waals surface area contributed by atoms with Crippen LogP contribution in [0.3, 0.4) is 0 Å². The van der Waals surface area contributed by atoms with Crippen molar-refractivity contribution in [2.24, 2.45) is 0 Å². The van der Waals surface area contributed by atoms with Crippen molar-refractivity contribution in [3.8, 4) is 0 Å². The third-order valence-electron chi connectivity index (χ3n) is 3.60. The predicted octanol–water partition coefficient (Wildman–Crippen LogP) is 2.73. The number of hydrogen-bond donors (Lipinski definition) is 0. The summed E-state index contributed by atoms with van der Waals surface area (Å²) in [4.78, 5) is 31.7. The number of rotatable bonds is 2. The summed E-state index contributed by atoms with van der Waals surface area (Å²) in [5.74, 6) is -0.198. The zero-order valence-corrected chi connectivity index (χ0v) is 14.8. The molecule has 1 aliphatic rings. The van der Waals surface area contributed by atoms with E-state index in [2.05, 4.69) is 4.98 Å². The molecule has 7 heteroatoms. The van der Waals surface area contributed by atoms with E-state index in [9.17, 15) is 9.59 Å². The van der Waals surface area contributed by atoms with Crippen molar-refractivity contribution in [1.29, 1.82) is 0 Å². The molecule has 6 nitrogen and oxygen atoms in total. The van der Waals surface area contributed by atoms with Crippen molar-refractivity contribution in [2.75, 3.05) is 20.1 Å². The molecule has 0 radical (unpaired) electrons. The molecule has 1 fully saturated rings. The molecule has 0 spiro atoms. The molecule has 1 aromatic rings. The molecule has 2 rings (SSSR count). The second-order valence-electron chi connectivity index (χ2n) is 6.75. The molecule has 1 saturated heterocycles. The van der Waals surface area contributed by atoms with Crippen LogP contribution >= 0.6 is 11.6 Å². The lowest BCUT2D eigenvalue weighted by Crippen LogP contribution is -2.61. The largest absolute Gasteiger partial charge is 0.444 e. The fraction of sp³-hybridized carbons (Fsp3) is 0.562. The minimum atomic E-state index is -0.523. The summed E-state index contributed by atoms with van der Waals surface area (Å²) in [6.45, 7) is 8.19. The summed E-state index contributed by atoms with van der Waals surface area (Å²) in [5, 5.41) is 0.199. The zero-order valence-electron chi connectivity index (χ0n) is 14.1. The van der Waals surface area contributed by atoms with Crippen LogP contribution in [0.1, 0.15) is 36.8 Å². The van der Waals surface area contributed by atoms with Crippen LogP contribution in [-0.4, -0.2) is 58.6 Å². The first-order valence-electron chi connectivity index (χ1n) is 7.46. The van der Waals surface area contributed by atoms with E-state index in [-0.39, 0.29) is 23.2 Å². The maximum atomic E-state index is 12.5. The van der Waals surface area contributed by atoms with Crippen LogP contribution in [0.2, 0.25) is 5.15 Å². The van der Waals surface area contributed by atoms with Gasteiger partial charge in [0.05, 0.1) is 11.6 Å². The van der Waals surface area contributed by atoms with Gasteiger partial charge >= 0.3 is 6.09 Å². The van der Waals surface area contributed by atoms with Crippen LogP contribution in [0.25, 0.3) is 0 Å². The lowest BCUT2D eigenvalue weighted by Gasteiger charge is -2.43. The zero-order chi connectivity index (χ0) is 17.4.